The second-order valence-electron chi connectivity index (χ2n) is 3.89. The van der Waals surface area contributed by atoms with Crippen molar-refractivity contribution in [2.24, 2.45) is 0 Å². The van der Waals surface area contributed by atoms with E-state index in [0.29, 0.717) is 6.10 Å². The van der Waals surface area contributed by atoms with Gasteiger partial charge in [0.15, 0.2) is 8.32 Å². The Morgan fingerprint density at radius 3 is 2.42 bits per heavy atom. The Labute approximate surface area is 86.1 Å². The average Bonchev–Trinajstić information content (AvgIpc) is 2.00. The highest BCUT2D eigenvalue weighted by atomic mass is 79.9. The molecule has 1 unspecified atom stereocenters. The predicted octanol–water partition coefficient (Wildman–Crippen LogP) is 3.79. The molecule has 0 bridgehead atoms. The van der Waals surface area contributed by atoms with Crippen LogP contribution in [0.5, 0.6) is 0 Å². The number of rotatable bonds is 6. The molecule has 0 fully saturated rings. The summed E-state index contributed by atoms with van der Waals surface area (Å²) in [4.78, 5) is 0. The summed E-state index contributed by atoms with van der Waals surface area (Å²) in [5, 5.41) is 1.10. The number of alkyl halides is 1. The molecule has 0 aromatic carbocycles. The van der Waals surface area contributed by atoms with Crippen molar-refractivity contribution in [3.05, 3.63) is 0 Å². The Balaban J connectivity index is 3.69. The summed E-state index contributed by atoms with van der Waals surface area (Å²) in [7, 11) is -1.34. The van der Waals surface area contributed by atoms with E-state index in [2.05, 4.69) is 42.9 Å². The minimum atomic E-state index is -1.34. The highest BCUT2D eigenvalue weighted by molar-refractivity contribution is 9.09. The Kier molecular flexibility index (Phi) is 6.50. The van der Waals surface area contributed by atoms with E-state index in [1.807, 2.05) is 0 Å². The molecule has 3 heteroatoms. The van der Waals surface area contributed by atoms with Gasteiger partial charge < -0.3 is 4.43 Å². The van der Waals surface area contributed by atoms with E-state index in [-0.39, 0.29) is 0 Å². The van der Waals surface area contributed by atoms with Gasteiger partial charge in [-0.2, -0.15) is 0 Å². The van der Waals surface area contributed by atoms with Crippen LogP contribution in [0.15, 0.2) is 0 Å². The molecule has 74 valence electrons. The van der Waals surface area contributed by atoms with Crippen molar-refractivity contribution in [1.29, 1.82) is 0 Å². The van der Waals surface area contributed by atoms with E-state index in [4.69, 9.17) is 4.43 Å². The van der Waals surface area contributed by atoms with Crippen molar-refractivity contribution < 1.29 is 4.43 Å². The molecule has 0 spiro atoms. The molecule has 0 aliphatic carbocycles. The second-order valence-corrected chi connectivity index (χ2v) is 8.94. The van der Waals surface area contributed by atoms with E-state index >= 15 is 0 Å². The third-order valence-electron chi connectivity index (χ3n) is 2.01. The summed E-state index contributed by atoms with van der Waals surface area (Å²) in [6.07, 6.45) is 2.82. The van der Waals surface area contributed by atoms with Crippen LogP contribution in [-0.2, 0) is 4.43 Å². The van der Waals surface area contributed by atoms with Gasteiger partial charge in [0, 0.05) is 11.4 Å². The zero-order valence-electron chi connectivity index (χ0n) is 8.69. The fourth-order valence-electron chi connectivity index (χ4n) is 1.18. The molecule has 0 N–H and O–H groups in total. The van der Waals surface area contributed by atoms with Crippen LogP contribution in [0.2, 0.25) is 19.1 Å². The Morgan fingerprint density at radius 1 is 1.42 bits per heavy atom. The average molecular weight is 253 g/mol. The molecule has 12 heavy (non-hydrogen) atoms. The first-order chi connectivity index (χ1) is 5.52. The first-order valence-corrected chi connectivity index (χ1v) is 8.99. The Hall–Kier alpha value is 0.657. The quantitative estimate of drug-likeness (QED) is 0.517. The maximum absolute atomic E-state index is 6.01. The zero-order valence-corrected chi connectivity index (χ0v) is 11.3. The summed E-state index contributed by atoms with van der Waals surface area (Å²) < 4.78 is 6.01. The molecule has 0 aromatic rings. The van der Waals surface area contributed by atoms with Gasteiger partial charge >= 0.3 is 0 Å². The van der Waals surface area contributed by atoms with Gasteiger partial charge in [-0.25, -0.2) is 0 Å². The van der Waals surface area contributed by atoms with E-state index < -0.39 is 8.32 Å². The molecule has 1 atom stereocenters. The van der Waals surface area contributed by atoms with E-state index in [9.17, 15) is 0 Å². The summed E-state index contributed by atoms with van der Waals surface area (Å²) >= 11 is 3.45. The fraction of sp³-hybridized carbons (Fsp3) is 1.00. The highest BCUT2D eigenvalue weighted by Crippen LogP contribution is 2.17. The number of hydrogen-bond acceptors (Lipinski definition) is 1. The van der Waals surface area contributed by atoms with Gasteiger partial charge in [0.1, 0.15) is 0 Å². The fourth-order valence-corrected chi connectivity index (χ4v) is 4.38. The van der Waals surface area contributed by atoms with Crippen LogP contribution in [0, 0.1) is 0 Å². The van der Waals surface area contributed by atoms with Crippen molar-refractivity contribution in [2.45, 2.75) is 51.9 Å². The SMILES string of the molecule is CCC(C)O[Si](C)(C)CCCBr. The first-order valence-electron chi connectivity index (χ1n) is 4.75. The maximum Gasteiger partial charge on any atom is 0.187 e. The van der Waals surface area contributed by atoms with Crippen LogP contribution in [0.4, 0.5) is 0 Å². The summed E-state index contributed by atoms with van der Waals surface area (Å²) in [6, 6.07) is 1.27. The summed E-state index contributed by atoms with van der Waals surface area (Å²) in [6.45, 7) is 8.96. The largest absolute Gasteiger partial charge is 0.415 e. The van der Waals surface area contributed by atoms with Crippen LogP contribution in [0.1, 0.15) is 26.7 Å². The third kappa shape index (κ3) is 6.20. The highest BCUT2D eigenvalue weighted by Gasteiger charge is 2.23. The van der Waals surface area contributed by atoms with E-state index in [1.54, 1.807) is 0 Å². The van der Waals surface area contributed by atoms with Crippen molar-refractivity contribution in [1.82, 2.24) is 0 Å². The monoisotopic (exact) mass is 252 g/mol. The smallest absolute Gasteiger partial charge is 0.187 e. The molecule has 0 amide bonds. The van der Waals surface area contributed by atoms with E-state index in [0.717, 1.165) is 11.8 Å². The lowest BCUT2D eigenvalue weighted by Gasteiger charge is -2.26. The van der Waals surface area contributed by atoms with Crippen LogP contribution in [0.3, 0.4) is 0 Å². The topological polar surface area (TPSA) is 9.23 Å². The normalized spacial score (nSPS) is 14.8. The van der Waals surface area contributed by atoms with Gasteiger partial charge in [-0.15, -0.1) is 0 Å². The summed E-state index contributed by atoms with van der Waals surface area (Å²) in [5.41, 5.74) is 0. The lowest BCUT2D eigenvalue weighted by atomic mass is 10.3. The maximum atomic E-state index is 6.01. The molecule has 0 rings (SSSR count). The van der Waals surface area contributed by atoms with E-state index in [1.165, 1.54) is 12.5 Å². The first kappa shape index (κ1) is 12.7. The van der Waals surface area contributed by atoms with Crippen LogP contribution < -0.4 is 0 Å². The number of halogens is 1. The molecule has 0 radical (unpaired) electrons. The standard InChI is InChI=1S/C9H21BrOSi/c1-5-9(2)11-12(3,4)8-6-7-10/h9H,5-8H2,1-4H3. The molecule has 0 aliphatic heterocycles. The zero-order chi connectivity index (χ0) is 9.61. The van der Waals surface area contributed by atoms with Crippen molar-refractivity contribution in [3.8, 4) is 0 Å². The Bertz CT molecular complexity index is 117. The second kappa shape index (κ2) is 6.16. The van der Waals surface area contributed by atoms with Gasteiger partial charge in [0.2, 0.25) is 0 Å². The van der Waals surface area contributed by atoms with Gasteiger partial charge in [-0.3, -0.25) is 0 Å². The minimum absolute atomic E-state index is 0.446. The number of hydrogen-bond donors (Lipinski definition) is 0. The third-order valence-corrected chi connectivity index (χ3v) is 5.17. The van der Waals surface area contributed by atoms with Gasteiger partial charge in [-0.1, -0.05) is 22.9 Å². The van der Waals surface area contributed by atoms with Crippen LogP contribution in [0.25, 0.3) is 0 Å². The lowest BCUT2D eigenvalue weighted by molar-refractivity contribution is 0.206. The van der Waals surface area contributed by atoms with Crippen molar-refractivity contribution in [3.63, 3.8) is 0 Å². The predicted molar refractivity (Wildman–Crippen MR) is 61.5 cm³/mol. The van der Waals surface area contributed by atoms with Crippen LogP contribution in [-0.4, -0.2) is 19.8 Å². The van der Waals surface area contributed by atoms with Crippen molar-refractivity contribution >= 4 is 24.2 Å². The van der Waals surface area contributed by atoms with Gasteiger partial charge in [0.25, 0.3) is 0 Å². The van der Waals surface area contributed by atoms with Gasteiger partial charge in [0.05, 0.1) is 0 Å². The molecule has 0 saturated heterocycles. The van der Waals surface area contributed by atoms with Crippen LogP contribution >= 0.6 is 15.9 Å². The molecule has 1 nitrogen and oxygen atoms in total. The van der Waals surface area contributed by atoms with Crippen molar-refractivity contribution in [2.75, 3.05) is 5.33 Å². The minimum Gasteiger partial charge on any atom is -0.415 e. The molecule has 0 aromatic heterocycles. The molecular weight excluding hydrogens is 232 g/mol. The molecular formula is C9H21BrOSi. The summed E-state index contributed by atoms with van der Waals surface area (Å²) in [5.74, 6) is 0. The Morgan fingerprint density at radius 2 is 2.00 bits per heavy atom. The molecule has 0 heterocycles. The lowest BCUT2D eigenvalue weighted by Crippen LogP contribution is -2.34. The molecule has 0 aliphatic rings. The van der Waals surface area contributed by atoms with Gasteiger partial charge in [-0.05, 0) is 38.9 Å². The molecule has 0 saturated carbocycles.